The van der Waals surface area contributed by atoms with Crippen molar-refractivity contribution in [2.45, 2.75) is 30.7 Å². The van der Waals surface area contributed by atoms with E-state index in [0.29, 0.717) is 12.8 Å². The van der Waals surface area contributed by atoms with E-state index in [9.17, 15) is 17.8 Å². The summed E-state index contributed by atoms with van der Waals surface area (Å²) in [6.45, 7) is 2.13. The molecule has 1 aromatic carbocycles. The number of carbonyl (C=O) groups excluding carboxylic acids is 1. The summed E-state index contributed by atoms with van der Waals surface area (Å²) in [6.07, 6.45) is 0.535. The van der Waals surface area contributed by atoms with Gasteiger partial charge in [-0.15, -0.1) is 0 Å². The smallest absolute Gasteiger partial charge is 0.312 e. The fraction of sp³-hybridized carbons (Fsp3) is 0.533. The molecule has 1 heterocycles. The largest absolute Gasteiger partial charge is 0.337 e. The number of aryl methyl sites for hydroxylation is 1. The summed E-state index contributed by atoms with van der Waals surface area (Å²) in [5.41, 5.74) is 0.948. The Hall–Kier alpha value is -1.05. The second-order valence-electron chi connectivity index (χ2n) is 5.69. The van der Waals surface area contributed by atoms with E-state index in [1.807, 2.05) is 6.92 Å². The summed E-state index contributed by atoms with van der Waals surface area (Å²) in [6, 6.07) is 5.64. The third-order valence-electron chi connectivity index (χ3n) is 4.11. The molecular formula is C15H22NO6PS. The average molecular weight is 375 g/mol. The van der Waals surface area contributed by atoms with Crippen LogP contribution < -0.4 is 0 Å². The zero-order chi connectivity index (χ0) is 18.0. The number of ketones is 1. The Labute approximate surface area is 142 Å². The van der Waals surface area contributed by atoms with Crippen LogP contribution >= 0.6 is 7.60 Å². The first-order valence-electron chi connectivity index (χ1n) is 7.55. The molecule has 1 saturated heterocycles. The number of carbonyl (C=O) groups is 1. The molecule has 7 nitrogen and oxygen atoms in total. The van der Waals surface area contributed by atoms with E-state index in [-0.39, 0.29) is 11.4 Å². The maximum atomic E-state index is 12.8. The molecule has 9 heteroatoms. The lowest BCUT2D eigenvalue weighted by molar-refractivity contribution is -0.119. The van der Waals surface area contributed by atoms with E-state index in [2.05, 4.69) is 0 Å². The quantitative estimate of drug-likeness (QED) is 0.679. The highest BCUT2D eigenvalue weighted by Crippen LogP contribution is 2.47. The number of rotatable bonds is 7. The summed E-state index contributed by atoms with van der Waals surface area (Å²) < 4.78 is 48.5. The molecule has 2 rings (SSSR count). The Bertz CT molecular complexity index is 738. The van der Waals surface area contributed by atoms with E-state index >= 15 is 0 Å². The van der Waals surface area contributed by atoms with Crippen molar-refractivity contribution in [2.75, 3.05) is 26.9 Å². The van der Waals surface area contributed by atoms with Gasteiger partial charge in [0, 0.05) is 20.8 Å². The first-order valence-corrected chi connectivity index (χ1v) is 10.7. The average Bonchev–Trinajstić information content (AvgIpc) is 3.05. The third kappa shape index (κ3) is 3.95. The summed E-state index contributed by atoms with van der Waals surface area (Å²) in [5, 5.41) is 0. The Morgan fingerprint density at radius 2 is 1.83 bits per heavy atom. The molecule has 0 N–H and O–H groups in total. The minimum Gasteiger partial charge on any atom is -0.312 e. The van der Waals surface area contributed by atoms with E-state index in [1.54, 1.807) is 12.1 Å². The molecule has 0 spiro atoms. The van der Waals surface area contributed by atoms with Crippen LogP contribution in [0.3, 0.4) is 0 Å². The van der Waals surface area contributed by atoms with Crippen molar-refractivity contribution in [3.63, 3.8) is 0 Å². The molecule has 0 aliphatic carbocycles. The van der Waals surface area contributed by atoms with Crippen molar-refractivity contribution in [3.05, 3.63) is 29.8 Å². The highest BCUT2D eigenvalue weighted by atomic mass is 32.2. The van der Waals surface area contributed by atoms with Crippen LogP contribution in [0.1, 0.15) is 18.4 Å². The molecule has 0 bridgehead atoms. The maximum absolute atomic E-state index is 12.8. The number of nitrogens with zero attached hydrogens (tertiary/aromatic N) is 1. The molecule has 1 aliphatic rings. The van der Waals surface area contributed by atoms with Crippen LogP contribution in [0, 0.1) is 6.92 Å². The fourth-order valence-electron chi connectivity index (χ4n) is 2.70. The molecule has 0 unspecified atom stereocenters. The van der Waals surface area contributed by atoms with Crippen molar-refractivity contribution < 1.29 is 26.8 Å². The van der Waals surface area contributed by atoms with Crippen molar-refractivity contribution in [1.29, 1.82) is 0 Å². The highest BCUT2D eigenvalue weighted by Gasteiger charge is 2.41. The number of sulfonamides is 1. The van der Waals surface area contributed by atoms with Gasteiger partial charge in [-0.3, -0.25) is 9.36 Å². The van der Waals surface area contributed by atoms with Crippen molar-refractivity contribution in [2.24, 2.45) is 0 Å². The molecule has 0 saturated carbocycles. The Morgan fingerprint density at radius 3 is 2.38 bits per heavy atom. The molecule has 1 aromatic rings. The maximum Gasteiger partial charge on any atom is 0.337 e. The standard InChI is InChI=1S/C15H22NO6PS/c1-12-6-8-13(9-7-12)24(19,20)16-10-4-5-14(16)15(17)11-23(18,21-2)22-3/h6-9,14H,4-5,10-11H2,1-3H3/t14-/m0/s1. The summed E-state index contributed by atoms with van der Waals surface area (Å²) in [4.78, 5) is 12.6. The number of Topliss-reactive ketones (excluding diaryl/α,β-unsaturated/α-hetero) is 1. The minimum absolute atomic E-state index is 0.148. The zero-order valence-corrected chi connectivity index (χ0v) is 15.7. The first-order chi connectivity index (χ1) is 11.2. The monoisotopic (exact) mass is 375 g/mol. The van der Waals surface area contributed by atoms with Crippen molar-refractivity contribution >= 4 is 23.4 Å². The predicted octanol–water partition coefficient (Wildman–Crippen LogP) is 2.20. The van der Waals surface area contributed by atoms with E-state index in [0.717, 1.165) is 5.56 Å². The van der Waals surface area contributed by atoms with E-state index in [1.165, 1.54) is 30.7 Å². The van der Waals surface area contributed by atoms with Gasteiger partial charge in [-0.2, -0.15) is 4.31 Å². The SMILES string of the molecule is COP(=O)(CC(=O)[C@@H]1CCCN1S(=O)(=O)c1ccc(C)cc1)OC. The normalized spacial score (nSPS) is 19.5. The van der Waals surface area contributed by atoms with Crippen LogP contribution in [0.15, 0.2) is 29.2 Å². The molecule has 134 valence electrons. The molecule has 1 aliphatic heterocycles. The van der Waals surface area contributed by atoms with Gasteiger partial charge < -0.3 is 9.05 Å². The zero-order valence-electron chi connectivity index (χ0n) is 14.0. The number of hydrogen-bond acceptors (Lipinski definition) is 6. The second kappa shape index (κ2) is 7.45. The fourth-order valence-corrected chi connectivity index (χ4v) is 5.37. The molecule has 0 amide bonds. The van der Waals surface area contributed by atoms with E-state index < -0.39 is 35.6 Å². The lowest BCUT2D eigenvalue weighted by atomic mass is 10.2. The van der Waals surface area contributed by atoms with Crippen LogP contribution in [0.5, 0.6) is 0 Å². The van der Waals surface area contributed by atoms with Gasteiger partial charge in [0.05, 0.1) is 10.9 Å². The molecule has 0 radical (unpaired) electrons. The summed E-state index contributed by atoms with van der Waals surface area (Å²) in [5.74, 6) is -0.449. The molecule has 0 aromatic heterocycles. The van der Waals surface area contributed by atoms with Gasteiger partial charge in [0.25, 0.3) is 0 Å². The molecule has 1 fully saturated rings. The van der Waals surface area contributed by atoms with Crippen LogP contribution in [0.4, 0.5) is 0 Å². The van der Waals surface area contributed by atoms with E-state index in [4.69, 9.17) is 9.05 Å². The molecular weight excluding hydrogens is 353 g/mol. The summed E-state index contributed by atoms with van der Waals surface area (Å²) >= 11 is 0. The van der Waals surface area contributed by atoms with Crippen LogP contribution in [0.2, 0.25) is 0 Å². The van der Waals surface area contributed by atoms with Crippen molar-refractivity contribution in [3.8, 4) is 0 Å². The molecule has 24 heavy (non-hydrogen) atoms. The lowest BCUT2D eigenvalue weighted by Gasteiger charge is -2.24. The topological polar surface area (TPSA) is 90.0 Å². The molecule has 1 atom stereocenters. The Morgan fingerprint density at radius 1 is 1.25 bits per heavy atom. The number of benzene rings is 1. The Kier molecular flexibility index (Phi) is 5.99. The van der Waals surface area contributed by atoms with Gasteiger partial charge in [-0.25, -0.2) is 8.42 Å². The van der Waals surface area contributed by atoms with Gasteiger partial charge in [0.1, 0.15) is 6.16 Å². The predicted molar refractivity (Wildman–Crippen MR) is 89.6 cm³/mol. The van der Waals surface area contributed by atoms with Gasteiger partial charge >= 0.3 is 7.60 Å². The first kappa shape index (κ1) is 19.3. The van der Waals surface area contributed by atoms with Crippen molar-refractivity contribution in [1.82, 2.24) is 4.31 Å². The van der Waals surface area contributed by atoms with Crippen LogP contribution in [-0.2, 0) is 28.4 Å². The van der Waals surface area contributed by atoms with Gasteiger partial charge in [0.2, 0.25) is 10.0 Å². The second-order valence-corrected chi connectivity index (χ2v) is 9.85. The van der Waals surface area contributed by atoms with Gasteiger partial charge in [-0.1, -0.05) is 17.7 Å². The highest BCUT2D eigenvalue weighted by molar-refractivity contribution is 7.89. The number of hydrogen-bond donors (Lipinski definition) is 0. The van der Waals surface area contributed by atoms with Gasteiger partial charge in [-0.05, 0) is 31.9 Å². The van der Waals surface area contributed by atoms with Crippen LogP contribution in [-0.4, -0.2) is 51.5 Å². The van der Waals surface area contributed by atoms with Gasteiger partial charge in [0.15, 0.2) is 5.78 Å². The minimum atomic E-state index is -3.78. The lowest BCUT2D eigenvalue weighted by Crippen LogP contribution is -2.41. The summed E-state index contributed by atoms with van der Waals surface area (Å²) in [7, 11) is -4.89. The third-order valence-corrected chi connectivity index (χ3v) is 7.84. The van der Waals surface area contributed by atoms with Crippen LogP contribution in [0.25, 0.3) is 0 Å². The Balaban J connectivity index is 2.25.